The first-order valence-electron chi connectivity index (χ1n) is 9.94. The molecule has 0 radical (unpaired) electrons. The van der Waals surface area contributed by atoms with Crippen molar-refractivity contribution in [2.24, 2.45) is 11.0 Å². The summed E-state index contributed by atoms with van der Waals surface area (Å²) in [5, 5.41) is 4.71. The molecule has 0 aromatic carbocycles. The van der Waals surface area contributed by atoms with Crippen LogP contribution >= 0.6 is 0 Å². The number of aromatic nitrogens is 2. The molecule has 6 heteroatoms. The minimum absolute atomic E-state index is 0.103. The summed E-state index contributed by atoms with van der Waals surface area (Å²) >= 11 is 0. The molecule has 0 bridgehead atoms. The topological polar surface area (TPSA) is 59.4 Å². The van der Waals surface area contributed by atoms with Crippen LogP contribution in [0.25, 0.3) is 5.70 Å². The molecule has 1 fully saturated rings. The average molecular weight is 380 g/mol. The SMILES string of the molecule is FCCO[C@@H]1CCCC2C(c3ccccn3)=NNC(c3ccccn3)=C2CC1. The van der Waals surface area contributed by atoms with E-state index in [9.17, 15) is 4.39 Å². The number of hydrazone groups is 1. The maximum Gasteiger partial charge on any atom is 0.113 e. The lowest BCUT2D eigenvalue weighted by Crippen LogP contribution is -2.32. The van der Waals surface area contributed by atoms with Crippen molar-refractivity contribution >= 4 is 11.4 Å². The van der Waals surface area contributed by atoms with Crippen LogP contribution in [-0.4, -0.2) is 35.1 Å². The van der Waals surface area contributed by atoms with E-state index in [0.717, 1.165) is 54.9 Å². The van der Waals surface area contributed by atoms with Gasteiger partial charge < -0.3 is 4.74 Å². The van der Waals surface area contributed by atoms with Gasteiger partial charge in [0.05, 0.1) is 35.5 Å². The fourth-order valence-corrected chi connectivity index (χ4v) is 4.09. The third-order valence-electron chi connectivity index (χ3n) is 5.39. The quantitative estimate of drug-likeness (QED) is 0.847. The Bertz CT molecular complexity index is 838. The monoisotopic (exact) mass is 380 g/mol. The number of pyridine rings is 2. The third kappa shape index (κ3) is 4.12. The summed E-state index contributed by atoms with van der Waals surface area (Å²) < 4.78 is 18.3. The van der Waals surface area contributed by atoms with Gasteiger partial charge in [0.2, 0.25) is 0 Å². The van der Waals surface area contributed by atoms with Crippen LogP contribution in [-0.2, 0) is 4.74 Å². The summed E-state index contributed by atoms with van der Waals surface area (Å²) in [7, 11) is 0. The highest BCUT2D eigenvalue weighted by molar-refractivity contribution is 6.04. The van der Waals surface area contributed by atoms with Crippen LogP contribution in [0.1, 0.15) is 43.5 Å². The average Bonchev–Trinajstić information content (AvgIpc) is 2.74. The number of hydrogen-bond donors (Lipinski definition) is 1. The van der Waals surface area contributed by atoms with E-state index in [-0.39, 0.29) is 18.6 Å². The second-order valence-corrected chi connectivity index (χ2v) is 7.14. The first-order chi connectivity index (χ1) is 13.9. The maximum absolute atomic E-state index is 12.5. The molecule has 3 heterocycles. The fourth-order valence-electron chi connectivity index (χ4n) is 4.09. The van der Waals surface area contributed by atoms with Gasteiger partial charge in [-0.1, -0.05) is 12.1 Å². The molecule has 2 aliphatic rings. The Kier molecular flexibility index (Phi) is 6.07. The zero-order chi connectivity index (χ0) is 19.2. The molecule has 0 amide bonds. The van der Waals surface area contributed by atoms with E-state index in [1.807, 2.05) is 36.4 Å². The molecular weight excluding hydrogens is 355 g/mol. The van der Waals surface area contributed by atoms with Crippen LogP contribution in [0.15, 0.2) is 59.5 Å². The van der Waals surface area contributed by atoms with E-state index < -0.39 is 6.67 Å². The number of allylic oxidation sites excluding steroid dienone is 1. The molecule has 1 aliphatic heterocycles. The lowest BCUT2D eigenvalue weighted by molar-refractivity contribution is 0.0299. The van der Waals surface area contributed by atoms with Crippen molar-refractivity contribution < 1.29 is 9.13 Å². The molecule has 4 rings (SSSR count). The molecule has 28 heavy (non-hydrogen) atoms. The number of ether oxygens (including phenoxy) is 1. The summed E-state index contributed by atoms with van der Waals surface area (Å²) in [5.74, 6) is 0.204. The van der Waals surface area contributed by atoms with Gasteiger partial charge in [0, 0.05) is 18.3 Å². The number of alkyl halides is 1. The van der Waals surface area contributed by atoms with Crippen molar-refractivity contribution in [1.82, 2.24) is 15.4 Å². The minimum atomic E-state index is -0.432. The fraction of sp³-hybridized carbons (Fsp3) is 0.409. The van der Waals surface area contributed by atoms with Gasteiger partial charge in [-0.05, 0) is 61.9 Å². The summed E-state index contributed by atoms with van der Waals surface area (Å²) in [6, 6.07) is 11.8. The van der Waals surface area contributed by atoms with Crippen LogP contribution in [0.4, 0.5) is 4.39 Å². The zero-order valence-corrected chi connectivity index (χ0v) is 15.9. The molecule has 2 aromatic heterocycles. The summed E-state index contributed by atoms with van der Waals surface area (Å²) in [6.45, 7) is -0.252. The molecule has 2 atom stereocenters. The van der Waals surface area contributed by atoms with Gasteiger partial charge >= 0.3 is 0 Å². The Morgan fingerprint density at radius 1 is 1.00 bits per heavy atom. The van der Waals surface area contributed by atoms with Crippen molar-refractivity contribution in [3.8, 4) is 0 Å². The first kappa shape index (κ1) is 18.7. The van der Waals surface area contributed by atoms with Gasteiger partial charge in [-0.2, -0.15) is 5.10 Å². The van der Waals surface area contributed by atoms with Crippen LogP contribution in [0.3, 0.4) is 0 Å². The Labute approximate surface area is 164 Å². The van der Waals surface area contributed by atoms with Crippen LogP contribution in [0, 0.1) is 5.92 Å². The van der Waals surface area contributed by atoms with Gasteiger partial charge in [0.1, 0.15) is 6.67 Å². The third-order valence-corrected chi connectivity index (χ3v) is 5.39. The van der Waals surface area contributed by atoms with Gasteiger partial charge in [-0.15, -0.1) is 0 Å². The van der Waals surface area contributed by atoms with E-state index >= 15 is 0 Å². The summed E-state index contributed by atoms with van der Waals surface area (Å²) in [4.78, 5) is 9.05. The maximum atomic E-state index is 12.5. The highest BCUT2D eigenvalue weighted by Crippen LogP contribution is 2.37. The highest BCUT2D eigenvalue weighted by Gasteiger charge is 2.32. The van der Waals surface area contributed by atoms with Gasteiger partial charge in [0.25, 0.3) is 0 Å². The van der Waals surface area contributed by atoms with Crippen molar-refractivity contribution in [3.05, 3.63) is 65.8 Å². The Morgan fingerprint density at radius 3 is 2.50 bits per heavy atom. The normalized spacial score (nSPS) is 22.5. The van der Waals surface area contributed by atoms with E-state index in [4.69, 9.17) is 9.84 Å². The van der Waals surface area contributed by atoms with Crippen LogP contribution in [0.5, 0.6) is 0 Å². The molecule has 2 aromatic rings. The molecule has 1 unspecified atom stereocenters. The Balaban J connectivity index is 1.67. The lowest BCUT2D eigenvalue weighted by atomic mass is 9.79. The van der Waals surface area contributed by atoms with E-state index in [2.05, 4.69) is 15.4 Å². The summed E-state index contributed by atoms with van der Waals surface area (Å²) in [5.41, 5.74) is 8.32. The van der Waals surface area contributed by atoms with Crippen LogP contribution < -0.4 is 5.43 Å². The predicted molar refractivity (Wildman–Crippen MR) is 107 cm³/mol. The largest absolute Gasteiger partial charge is 0.375 e. The molecular formula is C22H25FN4O. The van der Waals surface area contributed by atoms with Crippen molar-refractivity contribution in [1.29, 1.82) is 0 Å². The predicted octanol–water partition coefficient (Wildman–Crippen LogP) is 4.13. The number of nitrogens with one attached hydrogen (secondary N) is 1. The summed E-state index contributed by atoms with van der Waals surface area (Å²) in [6.07, 6.45) is 8.38. The number of halogens is 1. The van der Waals surface area contributed by atoms with E-state index in [0.29, 0.717) is 0 Å². The van der Waals surface area contributed by atoms with Gasteiger partial charge in [0.15, 0.2) is 0 Å². The van der Waals surface area contributed by atoms with Crippen molar-refractivity contribution in [2.45, 2.75) is 38.2 Å². The molecule has 0 saturated heterocycles. The molecule has 146 valence electrons. The van der Waals surface area contributed by atoms with E-state index in [1.165, 1.54) is 5.57 Å². The molecule has 0 spiro atoms. The number of rotatable bonds is 5. The lowest BCUT2D eigenvalue weighted by Gasteiger charge is -2.32. The highest BCUT2D eigenvalue weighted by atomic mass is 19.1. The second-order valence-electron chi connectivity index (χ2n) is 7.14. The van der Waals surface area contributed by atoms with E-state index in [1.54, 1.807) is 12.4 Å². The second kappa shape index (κ2) is 9.06. The van der Waals surface area contributed by atoms with Gasteiger partial charge in [-0.25, -0.2) is 4.39 Å². The Morgan fingerprint density at radius 2 is 1.79 bits per heavy atom. The van der Waals surface area contributed by atoms with Crippen molar-refractivity contribution in [3.63, 3.8) is 0 Å². The van der Waals surface area contributed by atoms with Crippen LogP contribution in [0.2, 0.25) is 0 Å². The molecule has 1 saturated carbocycles. The number of hydrogen-bond acceptors (Lipinski definition) is 5. The van der Waals surface area contributed by atoms with Crippen molar-refractivity contribution in [2.75, 3.05) is 13.3 Å². The first-order valence-corrected chi connectivity index (χ1v) is 9.94. The van der Waals surface area contributed by atoms with Gasteiger partial charge in [-0.3, -0.25) is 15.4 Å². The minimum Gasteiger partial charge on any atom is -0.375 e. The zero-order valence-electron chi connectivity index (χ0n) is 15.9. The number of fused-ring (bicyclic) bond motifs is 1. The smallest absolute Gasteiger partial charge is 0.113 e. The molecule has 5 nitrogen and oxygen atoms in total. The number of nitrogens with zero attached hydrogens (tertiary/aromatic N) is 3. The standard InChI is InChI=1S/C22H25FN4O/c23-12-15-28-16-6-5-7-17-18(11-10-16)22(20-9-2-4-14-25-20)27-26-21(17)19-8-1-3-13-24-19/h1-4,8-9,13-14,16-17,27H,5-7,10-12,15H2/t16-,17?/m1/s1. The Hall–Kier alpha value is -2.60. The molecule has 1 N–H and O–H groups in total. The molecule has 1 aliphatic carbocycles.